The predicted molar refractivity (Wildman–Crippen MR) is 112 cm³/mol. The molecule has 0 radical (unpaired) electrons. The molecule has 28 heavy (non-hydrogen) atoms. The molecule has 1 atom stereocenters. The number of sulfonamides is 1. The molecule has 0 bridgehead atoms. The third-order valence-electron chi connectivity index (χ3n) is 4.70. The summed E-state index contributed by atoms with van der Waals surface area (Å²) in [4.78, 5) is 14.4. The number of nitrogens with zero attached hydrogens (tertiary/aromatic N) is 1. The van der Waals surface area contributed by atoms with Gasteiger partial charge in [0.25, 0.3) is 5.91 Å². The molecule has 150 valence electrons. The topological polar surface area (TPSA) is 75.7 Å². The van der Waals surface area contributed by atoms with Crippen LogP contribution >= 0.6 is 15.9 Å². The van der Waals surface area contributed by atoms with E-state index in [9.17, 15) is 13.2 Å². The van der Waals surface area contributed by atoms with E-state index >= 15 is 0 Å². The first kappa shape index (κ1) is 20.8. The first-order valence-electron chi connectivity index (χ1n) is 9.14. The maximum Gasteiger partial charge on any atom is 0.264 e. The van der Waals surface area contributed by atoms with Crippen LogP contribution in [0.25, 0.3) is 0 Å². The molecule has 0 aliphatic carbocycles. The quantitative estimate of drug-likeness (QED) is 0.677. The lowest BCUT2D eigenvalue weighted by Crippen LogP contribution is -2.33. The van der Waals surface area contributed by atoms with Crippen LogP contribution in [0, 0.1) is 0 Å². The number of benzene rings is 2. The third kappa shape index (κ3) is 4.74. The van der Waals surface area contributed by atoms with Crippen molar-refractivity contribution in [1.82, 2.24) is 4.72 Å². The minimum Gasteiger partial charge on any atom is -0.484 e. The summed E-state index contributed by atoms with van der Waals surface area (Å²) in [7, 11) is -3.55. The van der Waals surface area contributed by atoms with Crippen LogP contribution in [0.4, 0.5) is 5.69 Å². The fraction of sp³-hybridized carbons (Fsp3) is 0.350. The Kier molecular flexibility index (Phi) is 6.42. The summed E-state index contributed by atoms with van der Waals surface area (Å²) in [6.07, 6.45) is 1.52. The highest BCUT2D eigenvalue weighted by atomic mass is 79.9. The van der Waals surface area contributed by atoms with Crippen molar-refractivity contribution in [3.8, 4) is 5.75 Å². The third-order valence-corrected chi connectivity index (χ3v) is 6.80. The van der Waals surface area contributed by atoms with E-state index in [0.717, 1.165) is 22.1 Å². The number of ether oxygens (including phenoxy) is 1. The van der Waals surface area contributed by atoms with Crippen molar-refractivity contribution in [3.05, 3.63) is 52.5 Å². The van der Waals surface area contributed by atoms with Gasteiger partial charge in [0.1, 0.15) is 5.75 Å². The minimum atomic E-state index is -3.55. The normalized spacial score (nSPS) is 14.6. The fourth-order valence-electron chi connectivity index (χ4n) is 2.98. The van der Waals surface area contributed by atoms with Crippen LogP contribution in [0.5, 0.6) is 5.75 Å². The number of fused-ring (bicyclic) bond motifs is 1. The largest absolute Gasteiger partial charge is 0.484 e. The summed E-state index contributed by atoms with van der Waals surface area (Å²) >= 11 is 3.44. The van der Waals surface area contributed by atoms with Gasteiger partial charge in [0.05, 0.1) is 4.90 Å². The van der Waals surface area contributed by atoms with Gasteiger partial charge in [-0.15, -0.1) is 0 Å². The van der Waals surface area contributed by atoms with Gasteiger partial charge in [-0.25, -0.2) is 13.1 Å². The number of hydrogen-bond donors (Lipinski definition) is 1. The Bertz CT molecular complexity index is 961. The van der Waals surface area contributed by atoms with Gasteiger partial charge in [0.15, 0.2) is 6.61 Å². The van der Waals surface area contributed by atoms with Crippen molar-refractivity contribution in [1.29, 1.82) is 0 Å². The van der Waals surface area contributed by atoms with Gasteiger partial charge < -0.3 is 9.64 Å². The van der Waals surface area contributed by atoms with E-state index in [-0.39, 0.29) is 23.5 Å². The lowest BCUT2D eigenvalue weighted by Gasteiger charge is -2.18. The van der Waals surface area contributed by atoms with Crippen molar-refractivity contribution in [3.63, 3.8) is 0 Å². The van der Waals surface area contributed by atoms with Crippen molar-refractivity contribution in [2.45, 2.75) is 37.6 Å². The molecule has 3 rings (SSSR count). The van der Waals surface area contributed by atoms with Gasteiger partial charge in [-0.3, -0.25) is 4.79 Å². The van der Waals surface area contributed by atoms with E-state index in [4.69, 9.17) is 4.74 Å². The van der Waals surface area contributed by atoms with Crippen LogP contribution in [-0.2, 0) is 21.2 Å². The van der Waals surface area contributed by atoms with Crippen molar-refractivity contribution in [2.75, 3.05) is 18.1 Å². The molecule has 0 spiro atoms. The summed E-state index contributed by atoms with van der Waals surface area (Å²) in [5.41, 5.74) is 2.04. The molecular weight excluding hydrogens is 444 g/mol. The number of anilines is 1. The number of halogens is 1. The van der Waals surface area contributed by atoms with E-state index < -0.39 is 10.0 Å². The summed E-state index contributed by atoms with van der Waals surface area (Å²) in [6.45, 7) is 4.26. The average Bonchev–Trinajstić information content (AvgIpc) is 3.09. The van der Waals surface area contributed by atoms with Gasteiger partial charge in [-0.05, 0) is 67.8 Å². The van der Waals surface area contributed by atoms with E-state index in [1.807, 2.05) is 32.0 Å². The molecular formula is C20H23BrN2O4S. The number of carbonyl (C=O) groups is 1. The van der Waals surface area contributed by atoms with Gasteiger partial charge in [0.2, 0.25) is 10.0 Å². The van der Waals surface area contributed by atoms with Crippen LogP contribution < -0.4 is 14.4 Å². The maximum absolute atomic E-state index is 12.5. The number of amides is 1. The number of carbonyl (C=O) groups excluding carboxylic acids is 1. The van der Waals surface area contributed by atoms with Crippen molar-refractivity contribution in [2.24, 2.45) is 0 Å². The zero-order valence-electron chi connectivity index (χ0n) is 15.8. The van der Waals surface area contributed by atoms with Crippen LogP contribution in [0.2, 0.25) is 0 Å². The Morgan fingerprint density at radius 3 is 2.64 bits per heavy atom. The summed E-state index contributed by atoms with van der Waals surface area (Å²) in [5.74, 6) is 0.322. The van der Waals surface area contributed by atoms with E-state index in [0.29, 0.717) is 18.7 Å². The second-order valence-electron chi connectivity index (χ2n) is 6.76. The Morgan fingerprint density at radius 2 is 1.96 bits per heavy atom. The lowest BCUT2D eigenvalue weighted by atomic mass is 10.2. The van der Waals surface area contributed by atoms with Crippen molar-refractivity contribution >= 4 is 37.5 Å². The zero-order valence-corrected chi connectivity index (χ0v) is 18.2. The molecule has 0 saturated carbocycles. The van der Waals surface area contributed by atoms with Crippen LogP contribution in [-0.4, -0.2) is 33.5 Å². The van der Waals surface area contributed by atoms with E-state index in [1.165, 1.54) is 12.1 Å². The van der Waals surface area contributed by atoms with E-state index in [2.05, 4.69) is 20.7 Å². The summed E-state index contributed by atoms with van der Waals surface area (Å²) in [5, 5.41) is 0. The molecule has 6 nitrogen and oxygen atoms in total. The van der Waals surface area contributed by atoms with Crippen LogP contribution in [0.1, 0.15) is 25.8 Å². The Labute approximate surface area is 174 Å². The highest BCUT2D eigenvalue weighted by Crippen LogP contribution is 2.30. The molecule has 1 aliphatic heterocycles. The Morgan fingerprint density at radius 1 is 1.25 bits per heavy atom. The Balaban J connectivity index is 1.61. The number of hydrogen-bond acceptors (Lipinski definition) is 4. The molecule has 2 aromatic carbocycles. The smallest absolute Gasteiger partial charge is 0.264 e. The monoisotopic (exact) mass is 466 g/mol. The van der Waals surface area contributed by atoms with Gasteiger partial charge in [-0.2, -0.15) is 0 Å². The number of nitrogens with one attached hydrogen (secondary N) is 1. The predicted octanol–water partition coefficient (Wildman–Crippen LogP) is 3.49. The molecule has 0 saturated heterocycles. The van der Waals surface area contributed by atoms with Gasteiger partial charge >= 0.3 is 0 Å². The first-order valence-corrected chi connectivity index (χ1v) is 11.4. The molecule has 1 aliphatic rings. The molecule has 1 amide bonds. The average molecular weight is 467 g/mol. The first-order chi connectivity index (χ1) is 13.3. The van der Waals surface area contributed by atoms with Crippen molar-refractivity contribution < 1.29 is 17.9 Å². The highest BCUT2D eigenvalue weighted by molar-refractivity contribution is 9.10. The SMILES string of the molecule is CC[C@H](C)NS(=O)(=O)c1ccc(OCC(=O)N2CCc3cc(Br)ccc32)cc1. The molecule has 0 unspecified atom stereocenters. The highest BCUT2D eigenvalue weighted by Gasteiger charge is 2.25. The fourth-order valence-corrected chi connectivity index (χ4v) is 4.72. The van der Waals surface area contributed by atoms with Gasteiger partial charge in [0, 0.05) is 22.7 Å². The molecule has 0 fully saturated rings. The van der Waals surface area contributed by atoms with Crippen LogP contribution in [0.15, 0.2) is 51.8 Å². The zero-order chi connectivity index (χ0) is 20.3. The molecule has 1 heterocycles. The summed E-state index contributed by atoms with van der Waals surface area (Å²) in [6, 6.07) is 11.8. The molecule has 0 aromatic heterocycles. The Hall–Kier alpha value is -1.90. The maximum atomic E-state index is 12.5. The second kappa shape index (κ2) is 8.63. The standard InChI is InChI=1S/C20H23BrN2O4S/c1-3-14(2)22-28(25,26)18-7-5-17(6-8-18)27-13-20(24)23-11-10-15-12-16(21)4-9-19(15)23/h4-9,12,14,22H,3,10-11,13H2,1-2H3/t14-/m0/s1. The van der Waals surface area contributed by atoms with Crippen LogP contribution in [0.3, 0.4) is 0 Å². The van der Waals surface area contributed by atoms with Gasteiger partial charge in [-0.1, -0.05) is 22.9 Å². The molecule has 8 heteroatoms. The summed E-state index contributed by atoms with van der Waals surface area (Å²) < 4.78 is 33.7. The molecule has 2 aromatic rings. The second-order valence-corrected chi connectivity index (χ2v) is 9.39. The van der Waals surface area contributed by atoms with E-state index in [1.54, 1.807) is 17.0 Å². The minimum absolute atomic E-state index is 0.104. The lowest BCUT2D eigenvalue weighted by molar-refractivity contribution is -0.120. The molecule has 1 N–H and O–H groups in total. The number of rotatable bonds is 7.